The highest BCUT2D eigenvalue weighted by Crippen LogP contribution is 2.28. The van der Waals surface area contributed by atoms with Crippen molar-refractivity contribution in [2.24, 2.45) is 0 Å². The molecule has 1 saturated heterocycles. The lowest BCUT2D eigenvalue weighted by Gasteiger charge is -2.29. The van der Waals surface area contributed by atoms with Gasteiger partial charge in [0.1, 0.15) is 5.25 Å². The van der Waals surface area contributed by atoms with Crippen LogP contribution in [0.15, 0.2) is 23.1 Å². The molecule has 0 saturated carbocycles. The van der Waals surface area contributed by atoms with Gasteiger partial charge in [0.2, 0.25) is 5.91 Å². The first-order valence-electron chi connectivity index (χ1n) is 6.75. The Kier molecular flexibility index (Phi) is 5.05. The summed E-state index contributed by atoms with van der Waals surface area (Å²) >= 11 is 6.06. The van der Waals surface area contributed by atoms with Crippen LogP contribution in [-0.4, -0.2) is 33.4 Å². The number of carbonyl (C=O) groups excluding carboxylic acids is 1. The summed E-state index contributed by atoms with van der Waals surface area (Å²) in [6.45, 7) is 3.17. The van der Waals surface area contributed by atoms with Gasteiger partial charge < -0.3 is 10.6 Å². The molecule has 110 valence electrons. The Morgan fingerprint density at radius 1 is 1.35 bits per heavy atom. The molecule has 2 N–H and O–H groups in total. The lowest BCUT2D eigenvalue weighted by molar-refractivity contribution is -0.131. The van der Waals surface area contributed by atoms with Gasteiger partial charge >= 0.3 is 0 Å². The Balaban J connectivity index is 2.17. The van der Waals surface area contributed by atoms with Crippen LogP contribution in [-0.2, 0) is 15.6 Å². The van der Waals surface area contributed by atoms with Gasteiger partial charge in [-0.15, -0.1) is 0 Å². The number of hydrogen-bond donors (Lipinski definition) is 1. The first-order chi connectivity index (χ1) is 9.52. The molecular weight excluding hydrogens is 296 g/mol. The van der Waals surface area contributed by atoms with E-state index in [9.17, 15) is 9.00 Å². The number of hydrogen-bond acceptors (Lipinski definition) is 3. The Morgan fingerprint density at radius 2 is 2.00 bits per heavy atom. The van der Waals surface area contributed by atoms with E-state index in [2.05, 4.69) is 0 Å². The van der Waals surface area contributed by atoms with Crippen LogP contribution in [0.1, 0.15) is 26.2 Å². The summed E-state index contributed by atoms with van der Waals surface area (Å²) in [7, 11) is -1.53. The third-order valence-corrected chi connectivity index (χ3v) is 5.66. The van der Waals surface area contributed by atoms with Crippen LogP contribution < -0.4 is 5.73 Å². The number of benzene rings is 1. The average Bonchev–Trinajstić information content (AvgIpc) is 2.46. The van der Waals surface area contributed by atoms with Gasteiger partial charge in [-0.25, -0.2) is 0 Å². The number of nitrogens with two attached hydrogens (primary N) is 1. The van der Waals surface area contributed by atoms with Crippen LogP contribution in [0, 0.1) is 0 Å². The first kappa shape index (κ1) is 15.3. The van der Waals surface area contributed by atoms with Crippen LogP contribution >= 0.6 is 11.6 Å². The zero-order chi connectivity index (χ0) is 14.7. The predicted molar refractivity (Wildman–Crippen MR) is 82.2 cm³/mol. The maximum Gasteiger partial charge on any atom is 0.238 e. The van der Waals surface area contributed by atoms with E-state index in [1.165, 1.54) is 0 Å². The van der Waals surface area contributed by atoms with E-state index in [0.29, 0.717) is 15.6 Å². The van der Waals surface area contributed by atoms with Crippen molar-refractivity contribution in [3.05, 3.63) is 23.2 Å². The highest BCUT2D eigenvalue weighted by atomic mass is 35.5. The zero-order valence-corrected chi connectivity index (χ0v) is 13.0. The molecule has 1 amide bonds. The molecule has 4 nitrogen and oxygen atoms in total. The molecule has 1 aliphatic rings. The molecule has 6 heteroatoms. The summed E-state index contributed by atoms with van der Waals surface area (Å²) in [5, 5.41) is -0.281. The third-order valence-electron chi connectivity index (χ3n) is 3.54. The summed E-state index contributed by atoms with van der Waals surface area (Å²) in [6, 6.07) is 5.00. The second-order valence-electron chi connectivity index (χ2n) is 4.98. The van der Waals surface area contributed by atoms with E-state index in [-0.39, 0.29) is 5.91 Å². The number of anilines is 1. The maximum absolute atomic E-state index is 12.6. The van der Waals surface area contributed by atoms with Gasteiger partial charge in [-0.3, -0.25) is 9.00 Å². The normalized spacial score (nSPS) is 18.6. The van der Waals surface area contributed by atoms with E-state index in [0.717, 1.165) is 32.4 Å². The van der Waals surface area contributed by atoms with Gasteiger partial charge in [-0.1, -0.05) is 17.7 Å². The molecule has 2 rings (SSSR count). The van der Waals surface area contributed by atoms with Crippen molar-refractivity contribution < 1.29 is 9.00 Å². The fourth-order valence-electron chi connectivity index (χ4n) is 2.38. The number of halogens is 1. The van der Waals surface area contributed by atoms with Gasteiger partial charge in [0, 0.05) is 18.8 Å². The summed E-state index contributed by atoms with van der Waals surface area (Å²) < 4.78 is 12.6. The highest BCUT2D eigenvalue weighted by molar-refractivity contribution is 7.86. The molecule has 2 atom stereocenters. The molecule has 0 aromatic heterocycles. The van der Waals surface area contributed by atoms with Crippen molar-refractivity contribution in [2.45, 2.75) is 36.3 Å². The van der Waals surface area contributed by atoms with Crippen molar-refractivity contribution in [1.82, 2.24) is 4.90 Å². The zero-order valence-electron chi connectivity index (χ0n) is 11.5. The molecule has 0 radical (unpaired) electrons. The van der Waals surface area contributed by atoms with Gasteiger partial charge in [-0.2, -0.15) is 0 Å². The molecule has 0 bridgehead atoms. The lowest BCUT2D eigenvalue weighted by Crippen LogP contribution is -2.42. The summed E-state index contributed by atoms with van der Waals surface area (Å²) in [5.41, 5.74) is 6.21. The topological polar surface area (TPSA) is 63.4 Å². The van der Waals surface area contributed by atoms with Gasteiger partial charge in [-0.05, 0) is 38.3 Å². The molecule has 2 unspecified atom stereocenters. The molecule has 1 aromatic carbocycles. The number of amides is 1. The van der Waals surface area contributed by atoms with Crippen molar-refractivity contribution in [2.75, 3.05) is 18.8 Å². The van der Waals surface area contributed by atoms with Crippen molar-refractivity contribution in [3.8, 4) is 0 Å². The molecule has 1 aliphatic heterocycles. The number of nitrogens with zero attached hydrogens (tertiary/aromatic N) is 1. The molecule has 0 spiro atoms. The quantitative estimate of drug-likeness (QED) is 0.872. The predicted octanol–water partition coefficient (Wildman–Crippen LogP) is 2.43. The minimum absolute atomic E-state index is 0.0812. The minimum atomic E-state index is -1.53. The van der Waals surface area contributed by atoms with Crippen LogP contribution in [0.2, 0.25) is 5.02 Å². The minimum Gasteiger partial charge on any atom is -0.398 e. The third kappa shape index (κ3) is 3.15. The van der Waals surface area contributed by atoms with E-state index >= 15 is 0 Å². The SMILES string of the molecule is CC(C(=O)N1CCCCC1)S(=O)c1c(N)cccc1Cl. The standard InChI is InChI=1S/C14H19ClN2O2S/c1-10(14(18)17-8-3-2-4-9-17)20(19)13-11(15)6-5-7-12(13)16/h5-7,10H,2-4,8-9,16H2,1H3. The monoisotopic (exact) mass is 314 g/mol. The van der Waals surface area contributed by atoms with E-state index in [1.54, 1.807) is 30.0 Å². The van der Waals surface area contributed by atoms with Crippen molar-refractivity contribution in [3.63, 3.8) is 0 Å². The number of likely N-dealkylation sites (tertiary alicyclic amines) is 1. The summed E-state index contributed by atoms with van der Waals surface area (Å²) in [6.07, 6.45) is 3.18. The fraction of sp³-hybridized carbons (Fsp3) is 0.500. The smallest absolute Gasteiger partial charge is 0.238 e. The number of rotatable bonds is 3. The molecule has 20 heavy (non-hydrogen) atoms. The Bertz CT molecular complexity index is 510. The summed E-state index contributed by atoms with van der Waals surface area (Å²) in [5.74, 6) is -0.0812. The average molecular weight is 315 g/mol. The van der Waals surface area contributed by atoms with Crippen molar-refractivity contribution >= 4 is 34.0 Å². The molecule has 0 aliphatic carbocycles. The Morgan fingerprint density at radius 3 is 2.60 bits per heavy atom. The number of piperidine rings is 1. The number of carbonyl (C=O) groups is 1. The van der Waals surface area contributed by atoms with Gasteiger partial charge in [0.05, 0.1) is 20.7 Å². The largest absolute Gasteiger partial charge is 0.398 e. The lowest BCUT2D eigenvalue weighted by atomic mass is 10.1. The van der Waals surface area contributed by atoms with Crippen molar-refractivity contribution in [1.29, 1.82) is 0 Å². The number of nitrogen functional groups attached to an aromatic ring is 1. The van der Waals surface area contributed by atoms with Crippen LogP contribution in [0.5, 0.6) is 0 Å². The van der Waals surface area contributed by atoms with E-state index < -0.39 is 16.0 Å². The van der Waals surface area contributed by atoms with Crippen LogP contribution in [0.25, 0.3) is 0 Å². The first-order valence-corrected chi connectivity index (χ1v) is 8.35. The van der Waals surface area contributed by atoms with E-state index in [1.807, 2.05) is 0 Å². The molecule has 1 fully saturated rings. The highest BCUT2D eigenvalue weighted by Gasteiger charge is 2.29. The second-order valence-corrected chi connectivity index (χ2v) is 7.10. The second kappa shape index (κ2) is 6.59. The molecule has 1 aromatic rings. The fourth-order valence-corrected chi connectivity index (χ4v) is 4.03. The van der Waals surface area contributed by atoms with Crippen LogP contribution in [0.4, 0.5) is 5.69 Å². The Labute approximate surface area is 126 Å². The van der Waals surface area contributed by atoms with Gasteiger partial charge in [0.15, 0.2) is 0 Å². The Hall–Kier alpha value is -1.07. The molecular formula is C14H19ClN2O2S. The molecule has 1 heterocycles. The van der Waals surface area contributed by atoms with Gasteiger partial charge in [0.25, 0.3) is 0 Å². The van der Waals surface area contributed by atoms with E-state index in [4.69, 9.17) is 17.3 Å². The maximum atomic E-state index is 12.6. The summed E-state index contributed by atoms with van der Waals surface area (Å²) in [4.78, 5) is 14.5. The van der Waals surface area contributed by atoms with Crippen LogP contribution in [0.3, 0.4) is 0 Å².